The van der Waals surface area contributed by atoms with Crippen molar-refractivity contribution in [1.29, 1.82) is 0 Å². The summed E-state index contributed by atoms with van der Waals surface area (Å²) in [4.78, 5) is 12.3. The second-order valence-electron chi connectivity index (χ2n) is 4.06. The zero-order valence-electron chi connectivity index (χ0n) is 10.8. The number of rotatable bonds is 2. The van der Waals surface area contributed by atoms with Crippen LogP contribution in [0.25, 0.3) is 0 Å². The van der Waals surface area contributed by atoms with Crippen LogP contribution in [0.3, 0.4) is 0 Å². The summed E-state index contributed by atoms with van der Waals surface area (Å²) in [6.45, 7) is 3.85. The first kappa shape index (κ1) is 15.0. The van der Waals surface area contributed by atoms with Crippen LogP contribution in [-0.4, -0.2) is 4.92 Å². The molecule has 0 bridgehead atoms. The van der Waals surface area contributed by atoms with Crippen molar-refractivity contribution in [3.05, 3.63) is 69.8 Å². The van der Waals surface area contributed by atoms with Crippen LogP contribution in [0.15, 0.2) is 48.5 Å². The summed E-state index contributed by atoms with van der Waals surface area (Å²) in [5.41, 5.74) is 3.21. The highest BCUT2D eigenvalue weighted by molar-refractivity contribution is 6.23. The van der Waals surface area contributed by atoms with Gasteiger partial charge in [-0.05, 0) is 37.1 Å². The van der Waals surface area contributed by atoms with Gasteiger partial charge in [-0.2, -0.15) is 0 Å². The summed E-state index contributed by atoms with van der Waals surface area (Å²) in [7, 11) is 0. The first-order valence-electron chi connectivity index (χ1n) is 5.67. The average molecular weight is 279 g/mol. The molecule has 0 saturated carbocycles. The third-order valence-electron chi connectivity index (χ3n) is 2.34. The molecule has 0 amide bonds. The van der Waals surface area contributed by atoms with Crippen LogP contribution in [0.5, 0.6) is 0 Å². The summed E-state index contributed by atoms with van der Waals surface area (Å²) >= 11 is 5.35. The number of nitro benzene ring substituents is 1. The number of hydrogen-bond donors (Lipinski definition) is 1. The van der Waals surface area contributed by atoms with E-state index in [1.807, 2.05) is 44.2 Å². The fraction of sp³-hybridized carbons (Fsp3) is 0.143. The smallest absolute Gasteiger partial charge is 0.269 e. The topological polar surface area (TPSA) is 55.2 Å². The van der Waals surface area contributed by atoms with E-state index in [0.717, 1.165) is 11.3 Å². The minimum atomic E-state index is -0.396. The fourth-order valence-corrected chi connectivity index (χ4v) is 1.56. The Hall–Kier alpha value is -2.07. The Morgan fingerprint density at radius 2 is 1.63 bits per heavy atom. The maximum absolute atomic E-state index is 10.2. The van der Waals surface area contributed by atoms with E-state index < -0.39 is 4.92 Å². The Balaban J connectivity index is 0.000000191. The van der Waals surface area contributed by atoms with E-state index in [-0.39, 0.29) is 5.69 Å². The number of non-ortho nitro benzene ring substituents is 1. The minimum Gasteiger partial charge on any atom is -0.299 e. The molecule has 1 N–H and O–H groups in total. The van der Waals surface area contributed by atoms with Crippen LogP contribution in [0, 0.1) is 24.0 Å². The molecule has 19 heavy (non-hydrogen) atoms. The fourth-order valence-electron chi connectivity index (χ4n) is 1.45. The molecule has 0 fully saturated rings. The molecule has 0 atom stereocenters. The van der Waals surface area contributed by atoms with Gasteiger partial charge in [-0.1, -0.05) is 24.3 Å². The Morgan fingerprint density at radius 3 is 2.00 bits per heavy atom. The summed E-state index contributed by atoms with van der Waals surface area (Å²) in [6.07, 6.45) is 0. The van der Waals surface area contributed by atoms with Crippen LogP contribution < -0.4 is 4.84 Å². The van der Waals surface area contributed by atoms with Crippen molar-refractivity contribution in [2.45, 2.75) is 13.8 Å². The van der Waals surface area contributed by atoms with Crippen molar-refractivity contribution in [3.8, 4) is 0 Å². The van der Waals surface area contributed by atoms with Gasteiger partial charge in [0.15, 0.2) is 0 Å². The molecule has 0 spiro atoms. The van der Waals surface area contributed by atoms with Gasteiger partial charge in [0.05, 0.1) is 4.92 Å². The third-order valence-corrected chi connectivity index (χ3v) is 2.56. The zero-order valence-corrected chi connectivity index (χ0v) is 11.5. The van der Waals surface area contributed by atoms with E-state index in [4.69, 9.17) is 11.8 Å². The normalized spacial score (nSPS) is 9.21. The van der Waals surface area contributed by atoms with Gasteiger partial charge in [0.25, 0.3) is 5.69 Å². The van der Waals surface area contributed by atoms with Crippen LogP contribution in [0.2, 0.25) is 0 Å². The number of nitro groups is 1. The molecule has 0 saturated heterocycles. The highest BCUT2D eigenvalue weighted by Gasteiger charge is 2.01. The van der Waals surface area contributed by atoms with Crippen LogP contribution >= 0.6 is 11.8 Å². The van der Waals surface area contributed by atoms with E-state index in [2.05, 4.69) is 4.84 Å². The van der Waals surface area contributed by atoms with Gasteiger partial charge >= 0.3 is 0 Å². The molecule has 0 heterocycles. The lowest BCUT2D eigenvalue weighted by atomic mass is 10.2. The lowest BCUT2D eigenvalue weighted by molar-refractivity contribution is -0.384. The quantitative estimate of drug-likeness (QED) is 0.501. The second-order valence-corrected chi connectivity index (χ2v) is 4.25. The molecular weight excluding hydrogens is 264 g/mol. The van der Waals surface area contributed by atoms with Gasteiger partial charge in [0, 0.05) is 29.6 Å². The molecule has 0 unspecified atom stereocenters. The highest BCUT2D eigenvalue weighted by atomic mass is 35.5. The van der Waals surface area contributed by atoms with E-state index >= 15 is 0 Å². The number of nitrogens with one attached hydrogen (secondary N) is 1. The van der Waals surface area contributed by atoms with Crippen LogP contribution in [0.1, 0.15) is 11.1 Å². The molecule has 5 heteroatoms. The standard InChI is InChI=1S/C7H8ClN.C7H7NO2/c1-6-3-2-4-7(5-6)9-8;1-6-3-2-4-7(5-6)8(9)10/h2-5,9H,1H3;2-5H,1H3. The molecule has 100 valence electrons. The van der Waals surface area contributed by atoms with E-state index in [9.17, 15) is 10.1 Å². The van der Waals surface area contributed by atoms with Crippen LogP contribution in [-0.2, 0) is 0 Å². The highest BCUT2D eigenvalue weighted by Crippen LogP contribution is 2.11. The molecule has 0 aliphatic rings. The number of nitrogens with zero attached hydrogens (tertiary/aromatic N) is 1. The Labute approximate surface area is 117 Å². The van der Waals surface area contributed by atoms with Crippen molar-refractivity contribution < 1.29 is 4.92 Å². The first-order valence-corrected chi connectivity index (χ1v) is 6.05. The Bertz CT molecular complexity index is 559. The summed E-state index contributed by atoms with van der Waals surface area (Å²) in [5, 5.41) is 10.2. The van der Waals surface area contributed by atoms with Gasteiger partial charge in [-0.25, -0.2) is 0 Å². The molecule has 2 rings (SSSR count). The number of aryl methyl sites for hydroxylation is 2. The first-order chi connectivity index (χ1) is 9.02. The Kier molecular flexibility index (Phi) is 5.82. The average Bonchev–Trinajstić information content (AvgIpc) is 2.39. The maximum atomic E-state index is 10.2. The van der Waals surface area contributed by atoms with Gasteiger partial charge in [-0.15, -0.1) is 0 Å². The number of benzene rings is 2. The van der Waals surface area contributed by atoms with Gasteiger partial charge in [0.2, 0.25) is 0 Å². The molecule has 4 nitrogen and oxygen atoms in total. The predicted octanol–water partition coefficient (Wildman–Crippen LogP) is 4.46. The lowest BCUT2D eigenvalue weighted by Gasteiger charge is -1.96. The third kappa shape index (κ3) is 5.40. The van der Waals surface area contributed by atoms with Gasteiger partial charge in [0.1, 0.15) is 0 Å². The van der Waals surface area contributed by atoms with E-state index in [0.29, 0.717) is 0 Å². The summed E-state index contributed by atoms with van der Waals surface area (Å²) in [6, 6.07) is 14.4. The zero-order chi connectivity index (χ0) is 14.3. The number of hydrogen-bond acceptors (Lipinski definition) is 3. The summed E-state index contributed by atoms with van der Waals surface area (Å²) in [5.74, 6) is 0. The lowest BCUT2D eigenvalue weighted by Crippen LogP contribution is -1.86. The van der Waals surface area contributed by atoms with Crippen molar-refractivity contribution in [2.24, 2.45) is 0 Å². The van der Waals surface area contributed by atoms with E-state index in [1.54, 1.807) is 12.1 Å². The largest absolute Gasteiger partial charge is 0.299 e. The van der Waals surface area contributed by atoms with Gasteiger partial charge < -0.3 is 0 Å². The van der Waals surface area contributed by atoms with Crippen molar-refractivity contribution in [3.63, 3.8) is 0 Å². The number of anilines is 1. The van der Waals surface area contributed by atoms with Crippen LogP contribution in [0.4, 0.5) is 11.4 Å². The molecule has 0 aliphatic heterocycles. The van der Waals surface area contributed by atoms with Crippen molar-refractivity contribution in [2.75, 3.05) is 4.84 Å². The summed E-state index contributed by atoms with van der Waals surface area (Å²) < 4.78 is 0. The minimum absolute atomic E-state index is 0.153. The maximum Gasteiger partial charge on any atom is 0.269 e. The Morgan fingerprint density at radius 1 is 1.05 bits per heavy atom. The molecule has 0 aliphatic carbocycles. The second kappa shape index (κ2) is 7.38. The monoisotopic (exact) mass is 278 g/mol. The van der Waals surface area contributed by atoms with E-state index in [1.165, 1.54) is 11.6 Å². The molecular formula is C14H15ClN2O2. The molecule has 2 aromatic carbocycles. The predicted molar refractivity (Wildman–Crippen MR) is 78.5 cm³/mol. The number of halogens is 1. The molecule has 2 aromatic rings. The van der Waals surface area contributed by atoms with Crippen molar-refractivity contribution >= 4 is 23.2 Å². The van der Waals surface area contributed by atoms with Gasteiger partial charge in [-0.3, -0.25) is 15.0 Å². The SMILES string of the molecule is Cc1cccc(NCl)c1.Cc1cccc([N+](=O)[O-])c1. The molecule has 0 aromatic heterocycles. The molecule has 0 radical (unpaired) electrons. The van der Waals surface area contributed by atoms with Crippen molar-refractivity contribution in [1.82, 2.24) is 0 Å².